The molecule has 1 rings (SSSR count). The van der Waals surface area contributed by atoms with Gasteiger partial charge in [-0.1, -0.05) is 13.0 Å². The van der Waals surface area contributed by atoms with Gasteiger partial charge in [-0.3, -0.25) is 4.90 Å². The topological polar surface area (TPSA) is 32.3 Å². The third-order valence-corrected chi connectivity index (χ3v) is 2.04. The highest BCUT2D eigenvalue weighted by molar-refractivity contribution is 5.76. The van der Waals surface area contributed by atoms with Crippen molar-refractivity contribution in [1.29, 1.82) is 0 Å². The van der Waals surface area contributed by atoms with Crippen LogP contribution in [0.4, 0.5) is 4.79 Å². The zero-order valence-corrected chi connectivity index (χ0v) is 7.66. The highest BCUT2D eigenvalue weighted by Gasteiger charge is 2.12. The highest BCUT2D eigenvalue weighted by Crippen LogP contribution is 2.17. The second kappa shape index (κ2) is 3.43. The average molecular weight is 166 g/mol. The molecule has 0 fully saturated rings. The predicted molar refractivity (Wildman–Crippen MR) is 48.4 cm³/mol. The Hall–Kier alpha value is -1.25. The first-order valence-corrected chi connectivity index (χ1v) is 4.02. The lowest BCUT2D eigenvalue weighted by Crippen LogP contribution is -2.31. The summed E-state index contributed by atoms with van der Waals surface area (Å²) >= 11 is 0. The first kappa shape index (κ1) is 8.84. The number of carbonyl (C=O) groups excluding carboxylic acids is 1. The quantitative estimate of drug-likeness (QED) is 0.583. The summed E-state index contributed by atoms with van der Waals surface area (Å²) in [4.78, 5) is 12.7. The molecule has 0 saturated heterocycles. The van der Waals surface area contributed by atoms with Gasteiger partial charge < -0.3 is 5.32 Å². The second-order valence-corrected chi connectivity index (χ2v) is 2.97. The van der Waals surface area contributed by atoms with E-state index in [0.29, 0.717) is 5.92 Å². The van der Waals surface area contributed by atoms with Crippen molar-refractivity contribution in [2.45, 2.75) is 13.8 Å². The fourth-order valence-corrected chi connectivity index (χ4v) is 1.01. The fourth-order valence-electron chi connectivity index (χ4n) is 1.01. The molecule has 0 saturated carbocycles. The largest absolute Gasteiger partial charge is 0.340 e. The highest BCUT2D eigenvalue weighted by atomic mass is 16.2. The SMILES string of the molecule is CNC(=O)N1C=CC(C)C(C)=C1. The van der Waals surface area contributed by atoms with E-state index in [0.717, 1.165) is 0 Å². The van der Waals surface area contributed by atoms with E-state index < -0.39 is 0 Å². The van der Waals surface area contributed by atoms with E-state index >= 15 is 0 Å². The zero-order valence-electron chi connectivity index (χ0n) is 7.66. The summed E-state index contributed by atoms with van der Waals surface area (Å²) in [5, 5.41) is 2.56. The molecular weight excluding hydrogens is 152 g/mol. The maximum absolute atomic E-state index is 11.1. The number of allylic oxidation sites excluding steroid dienone is 2. The van der Waals surface area contributed by atoms with Gasteiger partial charge in [0.25, 0.3) is 0 Å². The standard InChI is InChI=1S/C9H14N2O/c1-7-4-5-11(6-8(7)2)9(12)10-3/h4-7H,1-3H3,(H,10,12). The van der Waals surface area contributed by atoms with Crippen LogP contribution in [-0.4, -0.2) is 18.0 Å². The van der Waals surface area contributed by atoms with Crippen molar-refractivity contribution in [3.05, 3.63) is 24.0 Å². The summed E-state index contributed by atoms with van der Waals surface area (Å²) in [6, 6.07) is -0.0995. The zero-order chi connectivity index (χ0) is 9.14. The van der Waals surface area contributed by atoms with Gasteiger partial charge in [0.2, 0.25) is 0 Å². The van der Waals surface area contributed by atoms with E-state index in [2.05, 4.69) is 12.2 Å². The lowest BCUT2D eigenvalue weighted by Gasteiger charge is -2.21. The van der Waals surface area contributed by atoms with E-state index in [1.165, 1.54) is 5.57 Å². The number of rotatable bonds is 0. The van der Waals surface area contributed by atoms with Gasteiger partial charge >= 0.3 is 6.03 Å². The molecular formula is C9H14N2O. The number of nitrogens with zero attached hydrogens (tertiary/aromatic N) is 1. The third-order valence-electron chi connectivity index (χ3n) is 2.04. The number of amides is 2. The number of urea groups is 1. The summed E-state index contributed by atoms with van der Waals surface area (Å²) in [5.74, 6) is 0.436. The van der Waals surface area contributed by atoms with E-state index in [9.17, 15) is 4.79 Å². The minimum absolute atomic E-state index is 0.0995. The number of nitrogens with one attached hydrogen (secondary N) is 1. The summed E-state index contributed by atoms with van der Waals surface area (Å²) in [5.41, 5.74) is 1.20. The first-order chi connectivity index (χ1) is 5.65. The molecule has 0 bridgehead atoms. The number of hydrogen-bond donors (Lipinski definition) is 1. The van der Waals surface area contributed by atoms with E-state index in [-0.39, 0.29) is 6.03 Å². The van der Waals surface area contributed by atoms with Crippen LogP contribution >= 0.6 is 0 Å². The van der Waals surface area contributed by atoms with Gasteiger partial charge in [-0.05, 0) is 18.4 Å². The van der Waals surface area contributed by atoms with Crippen LogP contribution in [0.2, 0.25) is 0 Å². The number of carbonyl (C=O) groups is 1. The Balaban J connectivity index is 2.72. The molecule has 1 unspecified atom stereocenters. The van der Waals surface area contributed by atoms with Gasteiger partial charge in [-0.2, -0.15) is 0 Å². The Bertz CT molecular complexity index is 243. The summed E-state index contributed by atoms with van der Waals surface area (Å²) in [7, 11) is 1.62. The normalized spacial score (nSPS) is 22.1. The van der Waals surface area contributed by atoms with Crippen molar-refractivity contribution in [1.82, 2.24) is 10.2 Å². The van der Waals surface area contributed by atoms with Crippen LogP contribution in [-0.2, 0) is 0 Å². The van der Waals surface area contributed by atoms with Gasteiger partial charge in [0.1, 0.15) is 0 Å². The molecule has 1 N–H and O–H groups in total. The molecule has 0 aromatic carbocycles. The molecule has 0 spiro atoms. The third kappa shape index (κ3) is 1.67. The Morgan fingerprint density at radius 2 is 2.33 bits per heavy atom. The Labute approximate surface area is 72.7 Å². The van der Waals surface area contributed by atoms with Crippen molar-refractivity contribution < 1.29 is 4.79 Å². The fraction of sp³-hybridized carbons (Fsp3) is 0.444. The summed E-state index contributed by atoms with van der Waals surface area (Å²) in [6.07, 6.45) is 5.64. The minimum Gasteiger partial charge on any atom is -0.340 e. The lowest BCUT2D eigenvalue weighted by atomic mass is 10.0. The minimum atomic E-state index is -0.0995. The lowest BCUT2D eigenvalue weighted by molar-refractivity contribution is 0.227. The van der Waals surface area contributed by atoms with E-state index in [4.69, 9.17) is 0 Å². The average Bonchev–Trinajstić information content (AvgIpc) is 2.08. The van der Waals surface area contributed by atoms with Crippen LogP contribution < -0.4 is 5.32 Å². The summed E-state index contributed by atoms with van der Waals surface area (Å²) in [6.45, 7) is 4.12. The molecule has 0 radical (unpaired) electrons. The van der Waals surface area contributed by atoms with Crippen molar-refractivity contribution >= 4 is 6.03 Å². The molecule has 3 nitrogen and oxygen atoms in total. The molecule has 12 heavy (non-hydrogen) atoms. The Kier molecular flexibility index (Phi) is 2.53. The smallest absolute Gasteiger partial charge is 0.325 e. The molecule has 1 atom stereocenters. The number of hydrogen-bond acceptors (Lipinski definition) is 1. The van der Waals surface area contributed by atoms with E-state index in [1.807, 2.05) is 19.2 Å². The molecule has 3 heteroatoms. The molecule has 0 aromatic heterocycles. The van der Waals surface area contributed by atoms with Crippen molar-refractivity contribution in [3.63, 3.8) is 0 Å². The van der Waals surface area contributed by atoms with Crippen molar-refractivity contribution in [2.24, 2.45) is 5.92 Å². The van der Waals surface area contributed by atoms with Crippen molar-refractivity contribution in [3.8, 4) is 0 Å². The van der Waals surface area contributed by atoms with Crippen LogP contribution in [0, 0.1) is 5.92 Å². The molecule has 1 aliphatic heterocycles. The van der Waals surface area contributed by atoms with Crippen LogP contribution in [0.5, 0.6) is 0 Å². The molecule has 0 aromatic rings. The second-order valence-electron chi connectivity index (χ2n) is 2.97. The van der Waals surface area contributed by atoms with Crippen LogP contribution in [0.1, 0.15) is 13.8 Å². The van der Waals surface area contributed by atoms with Crippen LogP contribution in [0.15, 0.2) is 24.0 Å². The molecule has 1 heterocycles. The van der Waals surface area contributed by atoms with Gasteiger partial charge in [-0.25, -0.2) is 4.79 Å². The Morgan fingerprint density at radius 3 is 2.83 bits per heavy atom. The van der Waals surface area contributed by atoms with Crippen molar-refractivity contribution in [2.75, 3.05) is 7.05 Å². The molecule has 2 amide bonds. The Morgan fingerprint density at radius 1 is 1.67 bits per heavy atom. The first-order valence-electron chi connectivity index (χ1n) is 4.02. The molecule has 0 aliphatic carbocycles. The molecule has 1 aliphatic rings. The van der Waals surface area contributed by atoms with Gasteiger partial charge in [0, 0.05) is 19.4 Å². The van der Waals surface area contributed by atoms with Crippen LogP contribution in [0.25, 0.3) is 0 Å². The molecule has 66 valence electrons. The maximum atomic E-state index is 11.1. The van der Waals surface area contributed by atoms with Crippen LogP contribution in [0.3, 0.4) is 0 Å². The van der Waals surface area contributed by atoms with Gasteiger partial charge in [0.05, 0.1) is 0 Å². The summed E-state index contributed by atoms with van der Waals surface area (Å²) < 4.78 is 0. The van der Waals surface area contributed by atoms with E-state index in [1.54, 1.807) is 18.1 Å². The monoisotopic (exact) mass is 166 g/mol. The van der Waals surface area contributed by atoms with Gasteiger partial charge in [0.15, 0.2) is 0 Å². The predicted octanol–water partition coefficient (Wildman–Crippen LogP) is 1.70. The maximum Gasteiger partial charge on any atom is 0.325 e. The van der Waals surface area contributed by atoms with Gasteiger partial charge in [-0.15, -0.1) is 0 Å².